The molecule has 0 saturated carbocycles. The molecule has 0 spiro atoms. The Hall–Kier alpha value is -4.43. The van der Waals surface area contributed by atoms with Crippen LogP contribution in [0.5, 0.6) is 5.88 Å². The maximum atomic E-state index is 13.4. The van der Waals surface area contributed by atoms with Crippen LogP contribution >= 0.6 is 0 Å². The van der Waals surface area contributed by atoms with Crippen molar-refractivity contribution >= 4 is 27.0 Å². The Kier molecular flexibility index (Phi) is 5.96. The number of nitrogens with zero attached hydrogens (tertiary/aromatic N) is 3. The number of pyridine rings is 1. The van der Waals surface area contributed by atoms with E-state index in [4.69, 9.17) is 4.74 Å². The molecule has 3 aromatic carbocycles. The maximum Gasteiger partial charge on any atom is 0.417 e. The molecule has 0 radical (unpaired) electrons. The van der Waals surface area contributed by atoms with Crippen molar-refractivity contribution in [1.82, 2.24) is 13.9 Å². The minimum atomic E-state index is -3.76. The van der Waals surface area contributed by atoms with Crippen molar-refractivity contribution in [2.75, 3.05) is 6.54 Å². The molecule has 1 atom stereocenters. The molecule has 1 aliphatic heterocycles. The van der Waals surface area contributed by atoms with Crippen LogP contribution in [-0.2, 0) is 16.4 Å². The van der Waals surface area contributed by atoms with Gasteiger partial charge in [-0.25, -0.2) is 22.2 Å². The van der Waals surface area contributed by atoms with Gasteiger partial charge < -0.3 is 4.74 Å². The van der Waals surface area contributed by atoms with Crippen molar-refractivity contribution in [2.24, 2.45) is 0 Å². The summed E-state index contributed by atoms with van der Waals surface area (Å²) in [6, 6.07) is 27.1. The summed E-state index contributed by atoms with van der Waals surface area (Å²) < 4.78 is 33.7. The van der Waals surface area contributed by atoms with Crippen molar-refractivity contribution in [3.8, 4) is 5.88 Å². The van der Waals surface area contributed by atoms with Crippen LogP contribution in [0, 0.1) is 6.92 Å². The molecule has 0 fully saturated rings. The highest BCUT2D eigenvalue weighted by molar-refractivity contribution is 7.90. The number of aromatic nitrogens is 2. The van der Waals surface area contributed by atoms with E-state index in [2.05, 4.69) is 11.1 Å². The summed E-state index contributed by atoms with van der Waals surface area (Å²) >= 11 is 0. The lowest BCUT2D eigenvalue weighted by Gasteiger charge is -2.36. The van der Waals surface area contributed by atoms with Gasteiger partial charge in [0.1, 0.15) is 0 Å². The van der Waals surface area contributed by atoms with E-state index in [1.54, 1.807) is 71.9 Å². The molecule has 1 amide bonds. The highest BCUT2D eigenvalue weighted by Gasteiger charge is 2.33. The van der Waals surface area contributed by atoms with Crippen LogP contribution in [0.4, 0.5) is 4.79 Å². The van der Waals surface area contributed by atoms with Gasteiger partial charge in [-0.05, 0) is 66.4 Å². The van der Waals surface area contributed by atoms with Gasteiger partial charge in [-0.2, -0.15) is 0 Å². The zero-order chi connectivity index (χ0) is 26.3. The number of ether oxygens (including phenoxy) is 1. The molecule has 38 heavy (non-hydrogen) atoms. The summed E-state index contributed by atoms with van der Waals surface area (Å²) in [4.78, 5) is 19.4. The first kappa shape index (κ1) is 23.9. The normalized spacial score (nSPS) is 15.3. The van der Waals surface area contributed by atoms with Gasteiger partial charge in [0.05, 0.1) is 16.5 Å². The first-order valence-electron chi connectivity index (χ1n) is 12.3. The number of carbonyl (C=O) groups excluding carboxylic acids is 1. The average Bonchev–Trinajstić information content (AvgIpc) is 3.37. The van der Waals surface area contributed by atoms with Gasteiger partial charge in [-0.15, -0.1) is 0 Å². The number of carbonyl (C=O) groups is 1. The lowest BCUT2D eigenvalue weighted by molar-refractivity contribution is 0.134. The predicted octanol–water partition coefficient (Wildman–Crippen LogP) is 5.73. The van der Waals surface area contributed by atoms with Crippen LogP contribution in [0.25, 0.3) is 10.9 Å². The minimum absolute atomic E-state index is 0.231. The van der Waals surface area contributed by atoms with E-state index in [9.17, 15) is 13.2 Å². The Morgan fingerprint density at radius 2 is 1.74 bits per heavy atom. The quantitative estimate of drug-likeness (QED) is 0.301. The minimum Gasteiger partial charge on any atom is -0.391 e. The number of benzene rings is 3. The third-order valence-electron chi connectivity index (χ3n) is 6.92. The number of hydrogen-bond donors (Lipinski definition) is 0. The molecular weight excluding hydrogens is 498 g/mol. The Morgan fingerprint density at radius 1 is 0.947 bits per heavy atom. The van der Waals surface area contributed by atoms with E-state index >= 15 is 0 Å². The Bertz CT molecular complexity index is 1750. The number of rotatable bonds is 4. The van der Waals surface area contributed by atoms with Crippen LogP contribution in [0.3, 0.4) is 0 Å². The Balaban J connectivity index is 1.40. The molecule has 0 saturated heterocycles. The summed E-state index contributed by atoms with van der Waals surface area (Å²) in [5.74, 6) is 0.240. The first-order valence-corrected chi connectivity index (χ1v) is 13.8. The van der Waals surface area contributed by atoms with Crippen molar-refractivity contribution in [3.05, 3.63) is 126 Å². The molecule has 2 aromatic heterocycles. The smallest absolute Gasteiger partial charge is 0.391 e. The lowest BCUT2D eigenvalue weighted by Crippen LogP contribution is -2.42. The summed E-state index contributed by atoms with van der Waals surface area (Å²) in [5, 5.41) is 0.763. The van der Waals surface area contributed by atoms with E-state index in [0.29, 0.717) is 18.5 Å². The zero-order valence-electron chi connectivity index (χ0n) is 20.7. The predicted molar refractivity (Wildman–Crippen MR) is 145 cm³/mol. The van der Waals surface area contributed by atoms with Gasteiger partial charge in [0.15, 0.2) is 0 Å². The van der Waals surface area contributed by atoms with Crippen molar-refractivity contribution in [2.45, 2.75) is 24.3 Å². The molecule has 0 aliphatic carbocycles. The van der Waals surface area contributed by atoms with E-state index in [1.807, 2.05) is 37.3 Å². The molecular formula is C30H25N3O4S. The molecule has 5 aromatic rings. The highest BCUT2D eigenvalue weighted by atomic mass is 32.2. The van der Waals surface area contributed by atoms with Gasteiger partial charge in [0.2, 0.25) is 5.88 Å². The summed E-state index contributed by atoms with van der Waals surface area (Å²) in [5.41, 5.74) is 4.61. The topological polar surface area (TPSA) is 81.5 Å². The standard InChI is InChI=1S/C30H25N3O4S/c1-21-9-12-25(13-10-21)38(35,36)33-19-16-23-20-24(11-14-27(23)33)29-26-7-3-2-6-22(26)15-18-32(29)30(34)37-28-8-4-5-17-31-28/h2-14,16-17,19-20,29H,15,18H2,1H3. The van der Waals surface area contributed by atoms with Crippen LogP contribution < -0.4 is 4.74 Å². The van der Waals surface area contributed by atoms with E-state index < -0.39 is 22.2 Å². The SMILES string of the molecule is Cc1ccc(S(=O)(=O)n2ccc3cc(C4c5ccccc5CCN4C(=O)Oc4ccccn4)ccc32)cc1. The summed E-state index contributed by atoms with van der Waals surface area (Å²) in [6.07, 6.45) is 3.38. The number of fused-ring (bicyclic) bond motifs is 2. The second-order valence-corrected chi connectivity index (χ2v) is 11.1. The first-order chi connectivity index (χ1) is 18.4. The molecule has 0 bridgehead atoms. The zero-order valence-corrected chi connectivity index (χ0v) is 21.5. The second-order valence-electron chi connectivity index (χ2n) is 9.33. The molecule has 8 heteroatoms. The molecule has 1 aliphatic rings. The second kappa shape index (κ2) is 9.46. The molecule has 1 unspecified atom stereocenters. The van der Waals surface area contributed by atoms with Crippen LogP contribution in [-0.4, -0.2) is 34.9 Å². The molecule has 190 valence electrons. The Morgan fingerprint density at radius 3 is 2.53 bits per heavy atom. The summed E-state index contributed by atoms with van der Waals surface area (Å²) in [7, 11) is -3.76. The number of aryl methyl sites for hydroxylation is 1. The highest BCUT2D eigenvalue weighted by Crippen LogP contribution is 2.37. The maximum absolute atomic E-state index is 13.4. The fraction of sp³-hybridized carbons (Fsp3) is 0.133. The monoisotopic (exact) mass is 523 g/mol. The van der Waals surface area contributed by atoms with Crippen molar-refractivity contribution < 1.29 is 17.9 Å². The van der Waals surface area contributed by atoms with Gasteiger partial charge in [0, 0.05) is 30.4 Å². The van der Waals surface area contributed by atoms with Crippen molar-refractivity contribution in [3.63, 3.8) is 0 Å². The molecule has 7 nitrogen and oxygen atoms in total. The van der Waals surface area contributed by atoms with E-state index in [1.165, 1.54) is 9.54 Å². The van der Waals surface area contributed by atoms with Crippen LogP contribution in [0.1, 0.15) is 28.3 Å². The number of hydrogen-bond acceptors (Lipinski definition) is 5. The third kappa shape index (κ3) is 4.22. The van der Waals surface area contributed by atoms with Gasteiger partial charge in [-0.1, -0.05) is 54.1 Å². The van der Waals surface area contributed by atoms with Gasteiger partial charge >= 0.3 is 6.09 Å². The van der Waals surface area contributed by atoms with Crippen LogP contribution in [0.2, 0.25) is 0 Å². The number of amides is 1. The molecule has 3 heterocycles. The van der Waals surface area contributed by atoms with Gasteiger partial charge in [0.25, 0.3) is 10.0 Å². The van der Waals surface area contributed by atoms with Crippen molar-refractivity contribution in [1.29, 1.82) is 0 Å². The summed E-state index contributed by atoms with van der Waals surface area (Å²) in [6.45, 7) is 2.40. The average molecular weight is 524 g/mol. The van der Waals surface area contributed by atoms with Crippen LogP contribution in [0.15, 0.2) is 108 Å². The van der Waals surface area contributed by atoms with E-state index in [0.717, 1.165) is 22.1 Å². The van der Waals surface area contributed by atoms with E-state index in [-0.39, 0.29) is 10.8 Å². The lowest BCUT2D eigenvalue weighted by atomic mass is 9.88. The third-order valence-corrected chi connectivity index (χ3v) is 8.62. The molecule has 0 N–H and O–H groups in total. The fourth-order valence-electron chi connectivity index (χ4n) is 5.02. The molecule has 6 rings (SSSR count). The Labute approximate surface area is 221 Å². The largest absolute Gasteiger partial charge is 0.417 e. The fourth-order valence-corrected chi connectivity index (χ4v) is 6.37. The van der Waals surface area contributed by atoms with Gasteiger partial charge in [-0.3, -0.25) is 4.90 Å².